The first kappa shape index (κ1) is 16.0. The van der Waals surface area contributed by atoms with E-state index in [1.165, 1.54) is 0 Å². The Bertz CT molecular complexity index is 461. The van der Waals surface area contributed by atoms with Gasteiger partial charge in [-0.05, 0) is 43.2 Å². The highest BCUT2D eigenvalue weighted by molar-refractivity contribution is 5.56. The molecule has 0 bridgehead atoms. The normalized spacial score (nSPS) is 26.4. The summed E-state index contributed by atoms with van der Waals surface area (Å²) < 4.78 is 41.8. The van der Waals surface area contributed by atoms with Crippen LogP contribution in [0.4, 0.5) is 18.9 Å². The van der Waals surface area contributed by atoms with E-state index in [0.717, 1.165) is 25.2 Å². The Morgan fingerprint density at radius 2 is 1.90 bits per heavy atom. The van der Waals surface area contributed by atoms with Crippen LogP contribution >= 0.6 is 0 Å². The van der Waals surface area contributed by atoms with Gasteiger partial charge in [-0.2, -0.15) is 13.2 Å². The fourth-order valence-corrected chi connectivity index (χ4v) is 2.95. The van der Waals surface area contributed by atoms with Crippen molar-refractivity contribution in [2.75, 3.05) is 11.9 Å². The molecular weight excluding hydrogens is 279 g/mol. The van der Waals surface area contributed by atoms with Crippen molar-refractivity contribution in [1.29, 1.82) is 0 Å². The number of benzene rings is 1. The number of para-hydroxylation sites is 2. The van der Waals surface area contributed by atoms with Gasteiger partial charge in [-0.25, -0.2) is 0 Å². The highest BCUT2D eigenvalue weighted by Crippen LogP contribution is 2.33. The largest absolute Gasteiger partial charge is 0.482 e. The lowest BCUT2D eigenvalue weighted by Crippen LogP contribution is -2.33. The second-order valence-corrected chi connectivity index (χ2v) is 6.05. The molecule has 1 aliphatic rings. The Labute approximate surface area is 123 Å². The zero-order valence-electron chi connectivity index (χ0n) is 12.4. The van der Waals surface area contributed by atoms with Crippen LogP contribution in [0.2, 0.25) is 0 Å². The monoisotopic (exact) mass is 301 g/mol. The molecule has 1 saturated carbocycles. The van der Waals surface area contributed by atoms with E-state index in [1.54, 1.807) is 24.3 Å². The molecule has 5 heteroatoms. The zero-order chi connectivity index (χ0) is 15.5. The SMILES string of the molecule is CC1CCC(Nc2ccccc2OCC(F)(F)F)C(C)C1. The molecule has 21 heavy (non-hydrogen) atoms. The minimum atomic E-state index is -4.32. The molecule has 0 radical (unpaired) electrons. The maximum Gasteiger partial charge on any atom is 0.422 e. The van der Waals surface area contributed by atoms with E-state index in [2.05, 4.69) is 19.2 Å². The first-order valence-corrected chi connectivity index (χ1v) is 7.40. The second-order valence-electron chi connectivity index (χ2n) is 6.05. The van der Waals surface area contributed by atoms with E-state index in [0.29, 0.717) is 11.6 Å². The van der Waals surface area contributed by atoms with Crippen molar-refractivity contribution in [3.8, 4) is 5.75 Å². The number of rotatable bonds is 4. The average molecular weight is 301 g/mol. The van der Waals surface area contributed by atoms with Gasteiger partial charge >= 0.3 is 6.18 Å². The molecule has 1 aromatic carbocycles. The van der Waals surface area contributed by atoms with Crippen LogP contribution in [0.3, 0.4) is 0 Å². The first-order chi connectivity index (χ1) is 9.85. The van der Waals surface area contributed by atoms with Gasteiger partial charge in [0.1, 0.15) is 5.75 Å². The molecule has 0 heterocycles. The number of anilines is 1. The van der Waals surface area contributed by atoms with Crippen molar-refractivity contribution in [3.63, 3.8) is 0 Å². The van der Waals surface area contributed by atoms with Crippen LogP contribution in [0, 0.1) is 11.8 Å². The number of ether oxygens (including phenoxy) is 1. The molecule has 1 N–H and O–H groups in total. The molecule has 0 saturated heterocycles. The average Bonchev–Trinajstić information content (AvgIpc) is 2.40. The molecule has 1 fully saturated rings. The maximum atomic E-state index is 12.3. The third-order valence-corrected chi connectivity index (χ3v) is 4.05. The van der Waals surface area contributed by atoms with Gasteiger partial charge in [0.2, 0.25) is 0 Å². The van der Waals surface area contributed by atoms with Crippen LogP contribution in [0.1, 0.15) is 33.1 Å². The van der Waals surface area contributed by atoms with Crippen molar-refractivity contribution in [2.24, 2.45) is 11.8 Å². The number of halogens is 3. The number of alkyl halides is 3. The maximum absolute atomic E-state index is 12.3. The van der Waals surface area contributed by atoms with Crippen LogP contribution in [0.5, 0.6) is 5.75 Å². The molecule has 0 amide bonds. The van der Waals surface area contributed by atoms with Crippen molar-refractivity contribution in [2.45, 2.75) is 45.3 Å². The van der Waals surface area contributed by atoms with Gasteiger partial charge in [0.05, 0.1) is 5.69 Å². The lowest BCUT2D eigenvalue weighted by Gasteiger charge is -2.34. The van der Waals surface area contributed by atoms with Crippen LogP contribution in [-0.2, 0) is 0 Å². The van der Waals surface area contributed by atoms with Crippen molar-refractivity contribution >= 4 is 5.69 Å². The molecule has 2 rings (SSSR count). The summed E-state index contributed by atoms with van der Waals surface area (Å²) in [6.07, 6.45) is -0.993. The Kier molecular flexibility index (Phi) is 5.01. The molecule has 2 nitrogen and oxygen atoms in total. The number of hydrogen-bond donors (Lipinski definition) is 1. The summed E-state index contributed by atoms with van der Waals surface area (Å²) in [5.74, 6) is 1.49. The molecule has 3 unspecified atom stereocenters. The summed E-state index contributed by atoms with van der Waals surface area (Å²) in [6, 6.07) is 7.12. The van der Waals surface area contributed by atoms with Crippen molar-refractivity contribution in [1.82, 2.24) is 0 Å². The molecule has 0 spiro atoms. The number of nitrogens with one attached hydrogen (secondary N) is 1. The predicted molar refractivity (Wildman–Crippen MR) is 77.6 cm³/mol. The minimum absolute atomic E-state index is 0.264. The lowest BCUT2D eigenvalue weighted by molar-refractivity contribution is -0.153. The van der Waals surface area contributed by atoms with Gasteiger partial charge in [-0.15, -0.1) is 0 Å². The summed E-state index contributed by atoms with van der Waals surface area (Å²) in [4.78, 5) is 0. The zero-order valence-corrected chi connectivity index (χ0v) is 12.4. The quantitative estimate of drug-likeness (QED) is 0.857. The fraction of sp³-hybridized carbons (Fsp3) is 0.625. The topological polar surface area (TPSA) is 21.3 Å². The van der Waals surface area contributed by atoms with E-state index >= 15 is 0 Å². The molecule has 0 aromatic heterocycles. The van der Waals surface area contributed by atoms with Gasteiger partial charge < -0.3 is 10.1 Å². The minimum Gasteiger partial charge on any atom is -0.482 e. The third kappa shape index (κ3) is 4.83. The molecule has 3 atom stereocenters. The standard InChI is InChI=1S/C16H22F3NO/c1-11-7-8-13(12(2)9-11)20-14-5-3-4-6-15(14)21-10-16(17,18)19/h3-6,11-13,20H,7-10H2,1-2H3. The van der Waals surface area contributed by atoms with Crippen LogP contribution in [0.15, 0.2) is 24.3 Å². The van der Waals surface area contributed by atoms with Gasteiger partial charge in [0, 0.05) is 6.04 Å². The number of hydrogen-bond acceptors (Lipinski definition) is 2. The summed E-state index contributed by atoms with van der Waals surface area (Å²) in [5, 5.41) is 3.36. The van der Waals surface area contributed by atoms with Gasteiger partial charge in [0.25, 0.3) is 0 Å². The van der Waals surface area contributed by atoms with E-state index in [4.69, 9.17) is 4.74 Å². The van der Waals surface area contributed by atoms with Crippen LogP contribution < -0.4 is 10.1 Å². The fourth-order valence-electron chi connectivity index (χ4n) is 2.95. The van der Waals surface area contributed by atoms with E-state index in [-0.39, 0.29) is 11.8 Å². The third-order valence-electron chi connectivity index (χ3n) is 4.05. The Morgan fingerprint density at radius 3 is 2.57 bits per heavy atom. The van der Waals surface area contributed by atoms with E-state index in [9.17, 15) is 13.2 Å². The highest BCUT2D eigenvalue weighted by Gasteiger charge is 2.29. The summed E-state index contributed by atoms with van der Waals surface area (Å²) in [5.41, 5.74) is 0.646. The smallest absolute Gasteiger partial charge is 0.422 e. The molecule has 0 aliphatic heterocycles. The highest BCUT2D eigenvalue weighted by atomic mass is 19.4. The van der Waals surface area contributed by atoms with Crippen LogP contribution in [-0.4, -0.2) is 18.8 Å². The Morgan fingerprint density at radius 1 is 1.19 bits per heavy atom. The first-order valence-electron chi connectivity index (χ1n) is 7.40. The predicted octanol–water partition coefficient (Wildman–Crippen LogP) is 4.86. The summed E-state index contributed by atoms with van der Waals surface area (Å²) in [7, 11) is 0. The molecule has 1 aliphatic carbocycles. The second kappa shape index (κ2) is 6.58. The summed E-state index contributed by atoms with van der Waals surface area (Å²) in [6.45, 7) is 3.17. The van der Waals surface area contributed by atoms with Gasteiger partial charge in [0.15, 0.2) is 6.61 Å². The Balaban J connectivity index is 2.02. The van der Waals surface area contributed by atoms with Crippen LogP contribution in [0.25, 0.3) is 0 Å². The Hall–Kier alpha value is -1.39. The van der Waals surface area contributed by atoms with Gasteiger partial charge in [-0.1, -0.05) is 26.0 Å². The lowest BCUT2D eigenvalue weighted by atomic mass is 9.80. The van der Waals surface area contributed by atoms with E-state index in [1.807, 2.05) is 0 Å². The molecular formula is C16H22F3NO. The molecule has 1 aromatic rings. The summed E-state index contributed by atoms with van der Waals surface area (Å²) >= 11 is 0. The molecule has 118 valence electrons. The van der Waals surface area contributed by atoms with E-state index < -0.39 is 12.8 Å². The van der Waals surface area contributed by atoms with Crippen molar-refractivity contribution in [3.05, 3.63) is 24.3 Å². The van der Waals surface area contributed by atoms with Gasteiger partial charge in [-0.3, -0.25) is 0 Å². The van der Waals surface area contributed by atoms with Crippen molar-refractivity contribution < 1.29 is 17.9 Å².